The summed E-state index contributed by atoms with van der Waals surface area (Å²) in [4.78, 5) is 5.41. The van der Waals surface area contributed by atoms with E-state index < -0.39 is 0 Å². The van der Waals surface area contributed by atoms with Gasteiger partial charge in [-0.2, -0.15) is 0 Å². The van der Waals surface area contributed by atoms with Crippen LogP contribution in [0, 0.1) is 5.41 Å². The molecule has 0 bridgehead atoms. The van der Waals surface area contributed by atoms with Gasteiger partial charge in [0.25, 0.3) is 0 Å². The minimum absolute atomic E-state index is 0.135. The van der Waals surface area contributed by atoms with E-state index in [1.54, 1.807) is 11.3 Å². The van der Waals surface area contributed by atoms with Gasteiger partial charge in [-0.3, -0.25) is 0 Å². The van der Waals surface area contributed by atoms with E-state index in [0.717, 1.165) is 4.88 Å². The highest BCUT2D eigenvalue weighted by Crippen LogP contribution is 2.43. The lowest BCUT2D eigenvalue weighted by Gasteiger charge is -2.33. The van der Waals surface area contributed by atoms with Gasteiger partial charge in [-0.05, 0) is 31.1 Å². The van der Waals surface area contributed by atoms with Crippen LogP contribution in [0.2, 0.25) is 0 Å². The number of hydrogen-bond donors (Lipinski definition) is 1. The van der Waals surface area contributed by atoms with Gasteiger partial charge in [0.05, 0.1) is 16.5 Å². The zero-order chi connectivity index (χ0) is 10.9. The molecule has 0 unspecified atom stereocenters. The van der Waals surface area contributed by atoms with Crippen LogP contribution < -0.4 is 0 Å². The quantitative estimate of drug-likeness (QED) is 0.837. The van der Waals surface area contributed by atoms with Crippen molar-refractivity contribution in [1.82, 2.24) is 4.98 Å². The Kier molecular flexibility index (Phi) is 3.12. The molecule has 1 N–H and O–H groups in total. The highest BCUT2D eigenvalue weighted by molar-refractivity contribution is 7.11. The van der Waals surface area contributed by atoms with E-state index in [1.165, 1.54) is 30.7 Å². The summed E-state index contributed by atoms with van der Waals surface area (Å²) in [6.07, 6.45) is 6.92. The zero-order valence-electron chi connectivity index (χ0n) is 9.49. The number of thiazole rings is 1. The number of nitrogens with zero attached hydrogens (tertiary/aromatic N) is 1. The van der Waals surface area contributed by atoms with E-state index in [2.05, 4.69) is 18.8 Å². The standard InChI is InChI=1S/C12H19NOS/c1-12(2)5-3-9(4-6-12)11-13-7-10(8-14)15-11/h7,9,14H,3-6,8H2,1-2H3. The maximum absolute atomic E-state index is 9.00. The third-order valence-electron chi connectivity index (χ3n) is 3.42. The second kappa shape index (κ2) is 4.22. The minimum atomic E-state index is 0.135. The Morgan fingerprint density at radius 1 is 1.47 bits per heavy atom. The van der Waals surface area contributed by atoms with Gasteiger partial charge in [0.15, 0.2) is 0 Å². The van der Waals surface area contributed by atoms with Gasteiger partial charge in [0, 0.05) is 12.1 Å². The molecule has 0 aromatic carbocycles. The Balaban J connectivity index is 2.01. The van der Waals surface area contributed by atoms with Gasteiger partial charge in [-0.1, -0.05) is 13.8 Å². The highest BCUT2D eigenvalue weighted by atomic mass is 32.1. The van der Waals surface area contributed by atoms with Crippen LogP contribution in [0.5, 0.6) is 0 Å². The van der Waals surface area contributed by atoms with Crippen LogP contribution >= 0.6 is 11.3 Å². The van der Waals surface area contributed by atoms with Gasteiger partial charge >= 0.3 is 0 Å². The first-order valence-electron chi connectivity index (χ1n) is 5.66. The predicted octanol–water partition coefficient (Wildman–Crippen LogP) is 3.32. The molecule has 3 heteroatoms. The van der Waals surface area contributed by atoms with Crippen molar-refractivity contribution < 1.29 is 5.11 Å². The first kappa shape index (κ1) is 11.1. The summed E-state index contributed by atoms with van der Waals surface area (Å²) in [7, 11) is 0. The average molecular weight is 225 g/mol. The molecule has 1 heterocycles. The zero-order valence-corrected chi connectivity index (χ0v) is 10.3. The molecule has 15 heavy (non-hydrogen) atoms. The monoisotopic (exact) mass is 225 g/mol. The van der Waals surface area contributed by atoms with E-state index in [1.807, 2.05) is 6.20 Å². The van der Waals surface area contributed by atoms with Gasteiger partial charge < -0.3 is 5.11 Å². The van der Waals surface area contributed by atoms with Crippen LogP contribution in [0.4, 0.5) is 0 Å². The van der Waals surface area contributed by atoms with Crippen molar-refractivity contribution in [3.05, 3.63) is 16.1 Å². The van der Waals surface area contributed by atoms with Gasteiger partial charge in [0.1, 0.15) is 0 Å². The largest absolute Gasteiger partial charge is 0.391 e. The Morgan fingerprint density at radius 2 is 2.13 bits per heavy atom. The Hall–Kier alpha value is -0.410. The average Bonchev–Trinajstić information content (AvgIpc) is 2.66. The molecule has 84 valence electrons. The molecule has 0 aliphatic heterocycles. The molecule has 2 nitrogen and oxygen atoms in total. The van der Waals surface area contributed by atoms with E-state index >= 15 is 0 Å². The van der Waals surface area contributed by atoms with E-state index in [-0.39, 0.29) is 6.61 Å². The highest BCUT2D eigenvalue weighted by Gasteiger charge is 2.28. The summed E-state index contributed by atoms with van der Waals surface area (Å²) in [5.74, 6) is 0.642. The second-order valence-electron chi connectivity index (χ2n) is 5.26. The number of rotatable bonds is 2. The summed E-state index contributed by atoms with van der Waals surface area (Å²) < 4.78 is 0. The SMILES string of the molecule is CC1(C)CCC(c2ncc(CO)s2)CC1. The number of aromatic nitrogens is 1. The molecule has 0 spiro atoms. The molecule has 1 aromatic heterocycles. The number of aliphatic hydroxyl groups is 1. The fraction of sp³-hybridized carbons (Fsp3) is 0.750. The van der Waals surface area contributed by atoms with Crippen molar-refractivity contribution in [2.45, 2.75) is 52.1 Å². The van der Waals surface area contributed by atoms with Crippen molar-refractivity contribution in [2.75, 3.05) is 0 Å². The summed E-state index contributed by atoms with van der Waals surface area (Å²) in [6.45, 7) is 4.84. The maximum atomic E-state index is 9.00. The normalized spacial score (nSPS) is 21.8. The van der Waals surface area contributed by atoms with Gasteiger partial charge in [0.2, 0.25) is 0 Å². The first-order chi connectivity index (χ1) is 7.11. The Labute approximate surface area is 95.4 Å². The third kappa shape index (κ3) is 2.58. The van der Waals surface area contributed by atoms with Crippen LogP contribution in [0.1, 0.15) is 55.3 Å². The number of aliphatic hydroxyl groups excluding tert-OH is 1. The molecular weight excluding hydrogens is 206 g/mol. The Morgan fingerprint density at radius 3 is 2.67 bits per heavy atom. The molecule has 1 aliphatic carbocycles. The topological polar surface area (TPSA) is 33.1 Å². The Bertz CT molecular complexity index is 322. The lowest BCUT2D eigenvalue weighted by Crippen LogP contribution is -2.20. The van der Waals surface area contributed by atoms with Crippen LogP contribution in [-0.2, 0) is 6.61 Å². The molecule has 0 radical (unpaired) electrons. The molecule has 0 amide bonds. The fourth-order valence-corrected chi connectivity index (χ4v) is 3.18. The maximum Gasteiger partial charge on any atom is 0.0959 e. The van der Waals surface area contributed by atoms with Gasteiger partial charge in [-0.15, -0.1) is 11.3 Å². The van der Waals surface area contributed by atoms with Crippen molar-refractivity contribution >= 4 is 11.3 Å². The summed E-state index contributed by atoms with van der Waals surface area (Å²) in [6, 6.07) is 0. The number of hydrogen-bond acceptors (Lipinski definition) is 3. The van der Waals surface area contributed by atoms with Crippen molar-refractivity contribution in [3.63, 3.8) is 0 Å². The van der Waals surface area contributed by atoms with Crippen LogP contribution in [-0.4, -0.2) is 10.1 Å². The van der Waals surface area contributed by atoms with Crippen molar-refractivity contribution in [1.29, 1.82) is 0 Å². The second-order valence-corrected chi connectivity index (χ2v) is 6.41. The molecule has 1 aliphatic rings. The van der Waals surface area contributed by atoms with Crippen LogP contribution in [0.3, 0.4) is 0 Å². The van der Waals surface area contributed by atoms with Crippen LogP contribution in [0.15, 0.2) is 6.20 Å². The smallest absolute Gasteiger partial charge is 0.0959 e. The molecule has 0 atom stereocenters. The molecule has 2 rings (SSSR count). The first-order valence-corrected chi connectivity index (χ1v) is 6.48. The van der Waals surface area contributed by atoms with E-state index in [4.69, 9.17) is 5.11 Å². The lowest BCUT2D eigenvalue weighted by molar-refractivity contribution is 0.224. The summed E-state index contributed by atoms with van der Waals surface area (Å²) in [5, 5.41) is 10.2. The van der Waals surface area contributed by atoms with E-state index in [0.29, 0.717) is 11.3 Å². The van der Waals surface area contributed by atoms with E-state index in [9.17, 15) is 0 Å². The van der Waals surface area contributed by atoms with Crippen molar-refractivity contribution in [3.8, 4) is 0 Å². The van der Waals surface area contributed by atoms with Gasteiger partial charge in [-0.25, -0.2) is 4.98 Å². The van der Waals surface area contributed by atoms with Crippen LogP contribution in [0.25, 0.3) is 0 Å². The third-order valence-corrected chi connectivity index (χ3v) is 4.56. The van der Waals surface area contributed by atoms with Crippen molar-refractivity contribution in [2.24, 2.45) is 5.41 Å². The summed E-state index contributed by atoms with van der Waals surface area (Å²) in [5.41, 5.74) is 0.521. The fourth-order valence-electron chi connectivity index (χ4n) is 2.23. The predicted molar refractivity (Wildman–Crippen MR) is 63.0 cm³/mol. The molecule has 0 saturated heterocycles. The molecule has 1 fully saturated rings. The minimum Gasteiger partial charge on any atom is -0.391 e. The summed E-state index contributed by atoms with van der Waals surface area (Å²) >= 11 is 1.68. The molecular formula is C12H19NOS. The lowest BCUT2D eigenvalue weighted by atomic mass is 9.73. The molecule has 1 aromatic rings. The molecule has 1 saturated carbocycles.